The number of carbonyl (C=O) groups excluding carboxylic acids is 2. The van der Waals surface area contributed by atoms with E-state index in [1.807, 2.05) is 36.9 Å². The molecule has 2 aromatic rings. The minimum atomic E-state index is -0.605. The Morgan fingerprint density at radius 1 is 1.10 bits per heavy atom. The van der Waals surface area contributed by atoms with E-state index in [1.165, 1.54) is 0 Å². The maximum atomic E-state index is 13.4. The van der Waals surface area contributed by atoms with Gasteiger partial charge in [-0.3, -0.25) is 14.6 Å². The van der Waals surface area contributed by atoms with E-state index in [1.54, 1.807) is 12.4 Å². The number of nitrogens with one attached hydrogen (secondary N) is 1. The highest BCUT2D eigenvalue weighted by Gasteiger charge is 2.43. The first kappa shape index (κ1) is 23.0. The number of hydrogen-bond acceptors (Lipinski definition) is 3. The van der Waals surface area contributed by atoms with E-state index < -0.39 is 5.41 Å². The summed E-state index contributed by atoms with van der Waals surface area (Å²) < 4.78 is 0. The molecule has 1 aliphatic rings. The lowest BCUT2D eigenvalue weighted by atomic mass is 9.73. The summed E-state index contributed by atoms with van der Waals surface area (Å²) in [5.41, 5.74) is 2.73. The lowest BCUT2D eigenvalue weighted by molar-refractivity contribution is -0.142. The molecule has 1 aromatic carbocycles. The standard InChI is InChI=1S/C26H35N3O2/c1-19(2)15-24(30)29-14-6-11-26(18-29,25(31)28-20(3)4)17-21-7-5-8-23(16-21)22-9-12-27-13-10-22/h5,7-10,12-13,16,19-20H,6,11,14-15,17-18H2,1-4H3,(H,28,31)/t26-/m0/s1. The number of rotatable bonds is 7. The van der Waals surface area contributed by atoms with E-state index in [2.05, 4.69) is 42.3 Å². The van der Waals surface area contributed by atoms with E-state index in [0.717, 1.165) is 36.1 Å². The second-order valence-corrected chi connectivity index (χ2v) is 9.54. The SMILES string of the molecule is CC(C)CC(=O)N1CCC[C@@](Cc2cccc(-c3ccncc3)c2)(C(=O)NC(C)C)C1. The fraction of sp³-hybridized carbons (Fsp3) is 0.500. The van der Waals surface area contributed by atoms with Gasteiger partial charge in [0.25, 0.3) is 0 Å². The van der Waals surface area contributed by atoms with Crippen LogP contribution in [0.1, 0.15) is 52.5 Å². The average molecular weight is 422 g/mol. The molecule has 3 rings (SSSR count). The predicted molar refractivity (Wildman–Crippen MR) is 124 cm³/mol. The number of hydrogen-bond donors (Lipinski definition) is 1. The van der Waals surface area contributed by atoms with E-state index in [9.17, 15) is 9.59 Å². The summed E-state index contributed by atoms with van der Waals surface area (Å²) in [4.78, 5) is 32.3. The molecule has 1 saturated heterocycles. The molecule has 1 atom stereocenters. The molecular formula is C26H35N3O2. The largest absolute Gasteiger partial charge is 0.353 e. The van der Waals surface area contributed by atoms with Crippen LogP contribution in [-0.4, -0.2) is 40.8 Å². The van der Waals surface area contributed by atoms with Crippen molar-refractivity contribution in [3.63, 3.8) is 0 Å². The maximum absolute atomic E-state index is 13.4. The zero-order chi connectivity index (χ0) is 22.4. The monoisotopic (exact) mass is 421 g/mol. The zero-order valence-corrected chi connectivity index (χ0v) is 19.2. The van der Waals surface area contributed by atoms with Crippen LogP contribution in [0.3, 0.4) is 0 Å². The number of aromatic nitrogens is 1. The summed E-state index contributed by atoms with van der Waals surface area (Å²) in [6.45, 7) is 9.31. The highest BCUT2D eigenvalue weighted by atomic mass is 16.2. The van der Waals surface area contributed by atoms with Gasteiger partial charge in [-0.05, 0) is 67.9 Å². The first-order valence-corrected chi connectivity index (χ1v) is 11.4. The van der Waals surface area contributed by atoms with Gasteiger partial charge in [0.05, 0.1) is 5.41 Å². The van der Waals surface area contributed by atoms with Gasteiger partial charge in [0, 0.05) is 37.9 Å². The smallest absolute Gasteiger partial charge is 0.228 e. The molecular weight excluding hydrogens is 386 g/mol. The van der Waals surface area contributed by atoms with Gasteiger partial charge >= 0.3 is 0 Å². The van der Waals surface area contributed by atoms with Crippen LogP contribution >= 0.6 is 0 Å². The van der Waals surface area contributed by atoms with Crippen LogP contribution in [0.5, 0.6) is 0 Å². The molecule has 0 aliphatic carbocycles. The Balaban J connectivity index is 1.89. The molecule has 0 saturated carbocycles. The van der Waals surface area contributed by atoms with Gasteiger partial charge in [-0.1, -0.05) is 38.1 Å². The third-order valence-corrected chi connectivity index (χ3v) is 5.90. The van der Waals surface area contributed by atoms with Gasteiger partial charge in [0.15, 0.2) is 0 Å². The summed E-state index contributed by atoms with van der Waals surface area (Å²) in [6.07, 6.45) is 6.36. The molecule has 1 N–H and O–H groups in total. The molecule has 1 aromatic heterocycles. The van der Waals surface area contributed by atoms with Crippen molar-refractivity contribution in [2.75, 3.05) is 13.1 Å². The van der Waals surface area contributed by atoms with Gasteiger partial charge in [-0.15, -0.1) is 0 Å². The topological polar surface area (TPSA) is 62.3 Å². The summed E-state index contributed by atoms with van der Waals surface area (Å²) in [7, 11) is 0. The number of pyridine rings is 1. The molecule has 166 valence electrons. The van der Waals surface area contributed by atoms with Gasteiger partial charge in [0.1, 0.15) is 0 Å². The van der Waals surface area contributed by atoms with Crippen molar-refractivity contribution in [1.82, 2.24) is 15.2 Å². The zero-order valence-electron chi connectivity index (χ0n) is 19.2. The summed E-state index contributed by atoms with van der Waals surface area (Å²) in [6, 6.07) is 12.4. The Morgan fingerprint density at radius 2 is 1.84 bits per heavy atom. The molecule has 2 amide bonds. The molecule has 0 unspecified atom stereocenters. The van der Waals surface area contributed by atoms with Gasteiger partial charge in [-0.2, -0.15) is 0 Å². The molecule has 2 heterocycles. The highest BCUT2D eigenvalue weighted by Crippen LogP contribution is 2.36. The third kappa shape index (κ3) is 5.93. The van der Waals surface area contributed by atoms with Crippen molar-refractivity contribution in [2.24, 2.45) is 11.3 Å². The van der Waals surface area contributed by atoms with Crippen LogP contribution in [-0.2, 0) is 16.0 Å². The van der Waals surface area contributed by atoms with Gasteiger partial charge in [0.2, 0.25) is 11.8 Å². The van der Waals surface area contributed by atoms with Crippen molar-refractivity contribution in [2.45, 2.75) is 59.4 Å². The Bertz CT molecular complexity index is 895. The summed E-state index contributed by atoms with van der Waals surface area (Å²) in [5, 5.41) is 3.13. The molecule has 1 fully saturated rings. The molecule has 0 radical (unpaired) electrons. The summed E-state index contributed by atoms with van der Waals surface area (Å²) in [5.74, 6) is 0.520. The normalized spacial score (nSPS) is 19.0. The first-order valence-electron chi connectivity index (χ1n) is 11.4. The lowest BCUT2D eigenvalue weighted by Crippen LogP contribution is -2.55. The van der Waals surface area contributed by atoms with Crippen molar-refractivity contribution >= 4 is 11.8 Å². The van der Waals surface area contributed by atoms with Crippen molar-refractivity contribution in [3.8, 4) is 11.1 Å². The molecule has 31 heavy (non-hydrogen) atoms. The van der Waals surface area contributed by atoms with E-state index >= 15 is 0 Å². The number of piperidine rings is 1. The number of amides is 2. The number of benzene rings is 1. The van der Waals surface area contributed by atoms with Gasteiger partial charge < -0.3 is 10.2 Å². The van der Waals surface area contributed by atoms with Crippen LogP contribution in [0.25, 0.3) is 11.1 Å². The van der Waals surface area contributed by atoms with Crippen molar-refractivity contribution in [3.05, 3.63) is 54.4 Å². The fourth-order valence-corrected chi connectivity index (χ4v) is 4.44. The Hall–Kier alpha value is -2.69. The molecule has 1 aliphatic heterocycles. The minimum Gasteiger partial charge on any atom is -0.353 e. The number of nitrogens with zero attached hydrogens (tertiary/aromatic N) is 2. The number of likely N-dealkylation sites (tertiary alicyclic amines) is 1. The van der Waals surface area contributed by atoms with Crippen LogP contribution in [0.2, 0.25) is 0 Å². The molecule has 5 heteroatoms. The highest BCUT2D eigenvalue weighted by molar-refractivity contribution is 5.85. The van der Waals surface area contributed by atoms with Crippen molar-refractivity contribution < 1.29 is 9.59 Å². The molecule has 5 nitrogen and oxygen atoms in total. The number of carbonyl (C=O) groups is 2. The average Bonchev–Trinajstić information content (AvgIpc) is 2.74. The van der Waals surface area contributed by atoms with Gasteiger partial charge in [-0.25, -0.2) is 0 Å². The second kappa shape index (κ2) is 10.1. The fourth-order valence-electron chi connectivity index (χ4n) is 4.44. The summed E-state index contributed by atoms with van der Waals surface area (Å²) >= 11 is 0. The Kier molecular flexibility index (Phi) is 7.47. The Labute approximate surface area is 186 Å². The maximum Gasteiger partial charge on any atom is 0.228 e. The predicted octanol–water partition coefficient (Wildman–Crippen LogP) is 4.47. The Morgan fingerprint density at radius 3 is 2.52 bits per heavy atom. The van der Waals surface area contributed by atoms with Crippen LogP contribution < -0.4 is 5.32 Å². The van der Waals surface area contributed by atoms with E-state index in [-0.39, 0.29) is 17.9 Å². The lowest BCUT2D eigenvalue weighted by Gasteiger charge is -2.42. The van der Waals surface area contributed by atoms with Crippen LogP contribution in [0.4, 0.5) is 0 Å². The molecule has 0 bridgehead atoms. The first-order chi connectivity index (χ1) is 14.8. The van der Waals surface area contributed by atoms with E-state index in [4.69, 9.17) is 0 Å². The third-order valence-electron chi connectivity index (χ3n) is 5.90. The van der Waals surface area contributed by atoms with Crippen LogP contribution in [0.15, 0.2) is 48.8 Å². The van der Waals surface area contributed by atoms with Crippen molar-refractivity contribution in [1.29, 1.82) is 0 Å². The minimum absolute atomic E-state index is 0.0545. The second-order valence-electron chi connectivity index (χ2n) is 9.54. The molecule has 0 spiro atoms. The van der Waals surface area contributed by atoms with E-state index in [0.29, 0.717) is 25.3 Å². The van der Waals surface area contributed by atoms with Crippen LogP contribution in [0, 0.1) is 11.3 Å². The quantitative estimate of drug-likeness (QED) is 0.717.